The highest BCUT2D eigenvalue weighted by molar-refractivity contribution is 6.31. The molecule has 0 radical (unpaired) electrons. The second kappa shape index (κ2) is 5.82. The molecule has 1 aromatic rings. The molecule has 1 rings (SSSR count). The Morgan fingerprint density at radius 3 is 2.94 bits per heavy atom. The molecule has 0 heterocycles. The summed E-state index contributed by atoms with van der Waals surface area (Å²) in [5.74, 6) is -0.834. The molecular formula is C11H13ClFNO2. The molecule has 0 amide bonds. The zero-order valence-electron chi connectivity index (χ0n) is 9.09. The summed E-state index contributed by atoms with van der Waals surface area (Å²) in [6.07, 6.45) is 0. The van der Waals surface area contributed by atoms with Gasteiger partial charge in [-0.1, -0.05) is 23.7 Å². The molecule has 0 bridgehead atoms. The Labute approximate surface area is 98.5 Å². The molecule has 3 nitrogen and oxygen atoms in total. The number of nitrogens with one attached hydrogen (secondary N) is 1. The van der Waals surface area contributed by atoms with Gasteiger partial charge in [0.2, 0.25) is 0 Å². The van der Waals surface area contributed by atoms with E-state index < -0.39 is 11.9 Å². The normalized spacial score (nSPS) is 12.2. The lowest BCUT2D eigenvalue weighted by Gasteiger charge is -2.12. The van der Waals surface area contributed by atoms with E-state index in [1.54, 1.807) is 19.1 Å². The number of ether oxygens (including phenoxy) is 1. The van der Waals surface area contributed by atoms with Gasteiger partial charge in [0.25, 0.3) is 0 Å². The maximum Gasteiger partial charge on any atom is 0.322 e. The standard InChI is InChI=1S/C11H13ClFNO2/c1-7(11(15)16-2)14-6-8-4-3-5-9(13)10(8)12/h3-5,7,14H,6H2,1-2H3. The quantitative estimate of drug-likeness (QED) is 0.826. The van der Waals surface area contributed by atoms with Gasteiger partial charge in [-0.25, -0.2) is 4.39 Å². The molecule has 16 heavy (non-hydrogen) atoms. The minimum Gasteiger partial charge on any atom is -0.468 e. The minimum atomic E-state index is -0.466. The van der Waals surface area contributed by atoms with Gasteiger partial charge in [-0.3, -0.25) is 4.79 Å². The van der Waals surface area contributed by atoms with Crippen molar-refractivity contribution in [3.63, 3.8) is 0 Å². The number of hydrogen-bond donors (Lipinski definition) is 1. The van der Waals surface area contributed by atoms with E-state index in [9.17, 15) is 9.18 Å². The molecule has 0 spiro atoms. The first-order valence-electron chi connectivity index (χ1n) is 4.80. The summed E-state index contributed by atoms with van der Waals surface area (Å²) in [6, 6.07) is 4.10. The van der Waals surface area contributed by atoms with E-state index in [4.69, 9.17) is 11.6 Å². The van der Waals surface area contributed by atoms with E-state index in [-0.39, 0.29) is 11.0 Å². The van der Waals surface area contributed by atoms with Gasteiger partial charge in [-0.2, -0.15) is 0 Å². The first kappa shape index (κ1) is 12.9. The van der Waals surface area contributed by atoms with Crippen molar-refractivity contribution in [1.29, 1.82) is 0 Å². The second-order valence-electron chi connectivity index (χ2n) is 3.34. The number of hydrogen-bond acceptors (Lipinski definition) is 3. The van der Waals surface area contributed by atoms with Crippen LogP contribution >= 0.6 is 11.6 Å². The molecule has 1 aromatic carbocycles. The van der Waals surface area contributed by atoms with E-state index in [1.807, 2.05) is 0 Å². The fourth-order valence-electron chi connectivity index (χ4n) is 1.21. The fraction of sp³-hybridized carbons (Fsp3) is 0.364. The van der Waals surface area contributed by atoms with Crippen LogP contribution in [0.2, 0.25) is 5.02 Å². The van der Waals surface area contributed by atoms with Crippen molar-refractivity contribution in [1.82, 2.24) is 5.32 Å². The van der Waals surface area contributed by atoms with Crippen LogP contribution in [0.5, 0.6) is 0 Å². The molecule has 0 aliphatic rings. The number of carbonyl (C=O) groups is 1. The van der Waals surface area contributed by atoms with Gasteiger partial charge in [0.05, 0.1) is 12.1 Å². The van der Waals surface area contributed by atoms with Crippen LogP contribution in [0.1, 0.15) is 12.5 Å². The summed E-state index contributed by atoms with van der Waals surface area (Å²) in [5, 5.41) is 2.97. The van der Waals surface area contributed by atoms with Gasteiger partial charge >= 0.3 is 5.97 Å². The average Bonchev–Trinajstić information content (AvgIpc) is 2.29. The summed E-state index contributed by atoms with van der Waals surface area (Å²) in [6.45, 7) is 1.98. The van der Waals surface area contributed by atoms with Crippen molar-refractivity contribution < 1.29 is 13.9 Å². The molecule has 0 fully saturated rings. The second-order valence-corrected chi connectivity index (χ2v) is 3.72. The fourth-order valence-corrected chi connectivity index (χ4v) is 1.40. The van der Waals surface area contributed by atoms with Gasteiger partial charge in [0.1, 0.15) is 11.9 Å². The van der Waals surface area contributed by atoms with Crippen molar-refractivity contribution in [3.8, 4) is 0 Å². The third kappa shape index (κ3) is 3.18. The summed E-state index contributed by atoms with van der Waals surface area (Å²) < 4.78 is 17.6. The largest absolute Gasteiger partial charge is 0.468 e. The predicted molar refractivity (Wildman–Crippen MR) is 59.7 cm³/mol. The van der Waals surface area contributed by atoms with Crippen LogP contribution in [0.3, 0.4) is 0 Å². The van der Waals surface area contributed by atoms with Crippen molar-refractivity contribution in [2.45, 2.75) is 19.5 Å². The molecule has 0 aromatic heterocycles. The maximum atomic E-state index is 13.1. The number of rotatable bonds is 4. The Kier molecular flexibility index (Phi) is 4.71. The molecule has 1 N–H and O–H groups in total. The Hall–Kier alpha value is -1.13. The number of halogens is 2. The number of benzene rings is 1. The third-order valence-electron chi connectivity index (χ3n) is 2.19. The molecule has 0 saturated heterocycles. The molecule has 1 atom stereocenters. The molecule has 5 heteroatoms. The zero-order valence-corrected chi connectivity index (χ0v) is 9.84. The van der Waals surface area contributed by atoms with Gasteiger partial charge in [0.15, 0.2) is 0 Å². The van der Waals surface area contributed by atoms with Crippen LogP contribution in [0, 0.1) is 5.82 Å². The molecule has 1 unspecified atom stereocenters. The van der Waals surface area contributed by atoms with Crippen molar-refractivity contribution in [2.24, 2.45) is 0 Å². The first-order chi connectivity index (χ1) is 7.56. The Morgan fingerprint density at radius 2 is 2.31 bits per heavy atom. The van der Waals surface area contributed by atoms with Crippen LogP contribution in [0.15, 0.2) is 18.2 Å². The highest BCUT2D eigenvalue weighted by Crippen LogP contribution is 2.19. The first-order valence-corrected chi connectivity index (χ1v) is 5.18. The van der Waals surface area contributed by atoms with Crippen molar-refractivity contribution in [2.75, 3.05) is 7.11 Å². The molecule has 88 valence electrons. The topological polar surface area (TPSA) is 38.3 Å². The molecule has 0 aliphatic carbocycles. The lowest BCUT2D eigenvalue weighted by Crippen LogP contribution is -2.34. The lowest BCUT2D eigenvalue weighted by molar-refractivity contribution is -0.142. The average molecular weight is 246 g/mol. The van der Waals surface area contributed by atoms with Crippen LogP contribution in [-0.2, 0) is 16.1 Å². The van der Waals surface area contributed by atoms with Crippen LogP contribution in [-0.4, -0.2) is 19.1 Å². The van der Waals surface area contributed by atoms with Crippen LogP contribution < -0.4 is 5.32 Å². The van der Waals surface area contributed by atoms with E-state index in [0.29, 0.717) is 12.1 Å². The van der Waals surface area contributed by atoms with E-state index >= 15 is 0 Å². The van der Waals surface area contributed by atoms with E-state index in [0.717, 1.165) is 0 Å². The smallest absolute Gasteiger partial charge is 0.322 e. The third-order valence-corrected chi connectivity index (χ3v) is 2.61. The van der Waals surface area contributed by atoms with Crippen molar-refractivity contribution in [3.05, 3.63) is 34.6 Å². The lowest BCUT2D eigenvalue weighted by atomic mass is 10.2. The Balaban J connectivity index is 2.61. The summed E-state index contributed by atoms with van der Waals surface area (Å²) >= 11 is 5.76. The van der Waals surface area contributed by atoms with E-state index in [1.165, 1.54) is 13.2 Å². The minimum absolute atomic E-state index is 0.0760. The van der Waals surface area contributed by atoms with Gasteiger partial charge in [-0.15, -0.1) is 0 Å². The molecule has 0 aliphatic heterocycles. The van der Waals surface area contributed by atoms with Crippen molar-refractivity contribution >= 4 is 17.6 Å². The molecular weight excluding hydrogens is 233 g/mol. The highest BCUT2D eigenvalue weighted by Gasteiger charge is 2.13. The monoisotopic (exact) mass is 245 g/mol. The zero-order chi connectivity index (χ0) is 12.1. The number of methoxy groups -OCH3 is 1. The Bertz CT molecular complexity index is 384. The SMILES string of the molecule is COC(=O)C(C)NCc1cccc(F)c1Cl. The van der Waals surface area contributed by atoms with Crippen LogP contribution in [0.25, 0.3) is 0 Å². The van der Waals surface area contributed by atoms with Crippen LogP contribution in [0.4, 0.5) is 4.39 Å². The van der Waals surface area contributed by atoms with E-state index in [2.05, 4.69) is 10.1 Å². The van der Waals surface area contributed by atoms with Gasteiger partial charge in [0, 0.05) is 6.54 Å². The molecule has 0 saturated carbocycles. The Morgan fingerprint density at radius 1 is 1.62 bits per heavy atom. The predicted octanol–water partition coefficient (Wildman–Crippen LogP) is 2.13. The van der Waals surface area contributed by atoms with Gasteiger partial charge < -0.3 is 10.1 Å². The van der Waals surface area contributed by atoms with Gasteiger partial charge in [-0.05, 0) is 18.6 Å². The maximum absolute atomic E-state index is 13.1. The number of carbonyl (C=O) groups excluding carboxylic acids is 1. The summed E-state index contributed by atoms with van der Waals surface area (Å²) in [4.78, 5) is 11.1. The summed E-state index contributed by atoms with van der Waals surface area (Å²) in [7, 11) is 1.32. The summed E-state index contributed by atoms with van der Waals surface area (Å²) in [5.41, 5.74) is 0.609. The highest BCUT2D eigenvalue weighted by atomic mass is 35.5. The number of esters is 1.